The van der Waals surface area contributed by atoms with Crippen molar-refractivity contribution < 1.29 is 4.74 Å². The van der Waals surface area contributed by atoms with Gasteiger partial charge in [-0.1, -0.05) is 0 Å². The first kappa shape index (κ1) is 12.9. The molecule has 1 heterocycles. The van der Waals surface area contributed by atoms with Crippen LogP contribution in [0.15, 0.2) is 0 Å². The monoisotopic (exact) mass is 252 g/mol. The molecule has 0 bridgehead atoms. The molecule has 1 aliphatic heterocycles. The molecule has 3 N–H and O–H groups in total. The summed E-state index contributed by atoms with van der Waals surface area (Å²) < 4.78 is 5.47. The number of rotatable bonds is 7. The average Bonchev–Trinajstić information content (AvgIpc) is 3.29. The second-order valence-corrected chi connectivity index (χ2v) is 6.79. The van der Waals surface area contributed by atoms with Crippen LogP contribution >= 0.6 is 0 Å². The van der Waals surface area contributed by atoms with Gasteiger partial charge in [-0.05, 0) is 74.8 Å². The Bertz CT molecular complexity index is 256. The molecule has 0 aromatic carbocycles. The van der Waals surface area contributed by atoms with Crippen LogP contribution in [0.4, 0.5) is 0 Å². The molecular weight excluding hydrogens is 224 g/mol. The van der Waals surface area contributed by atoms with Crippen molar-refractivity contribution in [1.29, 1.82) is 0 Å². The molecule has 0 unspecified atom stereocenters. The third kappa shape index (κ3) is 3.06. The Kier molecular flexibility index (Phi) is 3.92. The quantitative estimate of drug-likeness (QED) is 0.726. The van der Waals surface area contributed by atoms with Crippen molar-refractivity contribution in [3.8, 4) is 0 Å². The third-order valence-electron chi connectivity index (χ3n) is 5.32. The van der Waals surface area contributed by atoms with E-state index in [-0.39, 0.29) is 0 Å². The first-order valence-corrected chi connectivity index (χ1v) is 7.81. The lowest BCUT2D eigenvalue weighted by molar-refractivity contribution is 0.0187. The Hall–Kier alpha value is -0.120. The van der Waals surface area contributed by atoms with E-state index in [1.54, 1.807) is 0 Å². The van der Waals surface area contributed by atoms with Gasteiger partial charge < -0.3 is 15.8 Å². The third-order valence-corrected chi connectivity index (χ3v) is 5.32. The summed E-state index contributed by atoms with van der Waals surface area (Å²) in [4.78, 5) is 0. The zero-order chi connectivity index (χ0) is 12.4. The van der Waals surface area contributed by atoms with Gasteiger partial charge >= 0.3 is 0 Å². The van der Waals surface area contributed by atoms with Crippen molar-refractivity contribution in [1.82, 2.24) is 5.32 Å². The molecule has 0 aromatic heterocycles. The second-order valence-electron chi connectivity index (χ2n) is 6.79. The van der Waals surface area contributed by atoms with Crippen LogP contribution in [0.5, 0.6) is 0 Å². The van der Waals surface area contributed by atoms with E-state index in [2.05, 4.69) is 5.32 Å². The molecule has 3 heteroatoms. The smallest absolute Gasteiger partial charge is 0.0472 e. The number of nitrogens with one attached hydrogen (secondary N) is 1. The fourth-order valence-corrected chi connectivity index (χ4v) is 3.53. The molecule has 0 aromatic rings. The molecule has 3 rings (SSSR count). The molecule has 104 valence electrons. The van der Waals surface area contributed by atoms with Gasteiger partial charge in [0.2, 0.25) is 0 Å². The van der Waals surface area contributed by atoms with E-state index in [4.69, 9.17) is 10.5 Å². The summed E-state index contributed by atoms with van der Waals surface area (Å²) in [6.07, 6.45) is 8.21. The van der Waals surface area contributed by atoms with Gasteiger partial charge in [0, 0.05) is 19.8 Å². The van der Waals surface area contributed by atoms with Gasteiger partial charge in [0.15, 0.2) is 0 Å². The minimum atomic E-state index is 0.315. The number of ether oxygens (including phenoxy) is 1. The Morgan fingerprint density at radius 2 is 1.72 bits per heavy atom. The van der Waals surface area contributed by atoms with Gasteiger partial charge in [-0.3, -0.25) is 0 Å². The van der Waals surface area contributed by atoms with Gasteiger partial charge in [0.1, 0.15) is 0 Å². The van der Waals surface area contributed by atoms with Crippen molar-refractivity contribution in [3.05, 3.63) is 0 Å². The van der Waals surface area contributed by atoms with Crippen LogP contribution in [0.3, 0.4) is 0 Å². The number of hydrogen-bond donors (Lipinski definition) is 2. The van der Waals surface area contributed by atoms with Gasteiger partial charge in [0.25, 0.3) is 0 Å². The molecule has 0 atom stereocenters. The highest BCUT2D eigenvalue weighted by Gasteiger charge is 2.41. The van der Waals surface area contributed by atoms with E-state index in [0.717, 1.165) is 56.9 Å². The summed E-state index contributed by atoms with van der Waals surface area (Å²) in [6.45, 7) is 4.93. The lowest BCUT2D eigenvalue weighted by Crippen LogP contribution is -2.45. The Labute approximate surface area is 111 Å². The molecule has 3 fully saturated rings. The molecule has 2 aliphatic carbocycles. The van der Waals surface area contributed by atoms with Gasteiger partial charge in [0.05, 0.1) is 0 Å². The second kappa shape index (κ2) is 5.48. The van der Waals surface area contributed by atoms with Crippen molar-refractivity contribution in [3.63, 3.8) is 0 Å². The highest BCUT2D eigenvalue weighted by molar-refractivity contribution is 4.93. The maximum absolute atomic E-state index is 6.00. The lowest BCUT2D eigenvalue weighted by atomic mass is 9.80. The number of hydrogen-bond acceptors (Lipinski definition) is 3. The Morgan fingerprint density at radius 1 is 1.11 bits per heavy atom. The highest BCUT2D eigenvalue weighted by atomic mass is 16.5. The van der Waals surface area contributed by atoms with E-state index in [1.807, 2.05) is 0 Å². The van der Waals surface area contributed by atoms with Crippen LogP contribution in [0.25, 0.3) is 0 Å². The van der Waals surface area contributed by atoms with Crippen LogP contribution in [-0.4, -0.2) is 32.8 Å². The summed E-state index contributed by atoms with van der Waals surface area (Å²) in [7, 11) is 0. The molecular formula is C15H28N2O. The molecule has 1 saturated heterocycles. The number of nitrogens with two attached hydrogens (primary N) is 1. The minimum absolute atomic E-state index is 0.315. The maximum atomic E-state index is 6.00. The van der Waals surface area contributed by atoms with Crippen LogP contribution in [0.1, 0.15) is 38.5 Å². The van der Waals surface area contributed by atoms with Crippen LogP contribution in [0, 0.1) is 23.2 Å². The standard InChI is InChI=1S/C15H28N2O/c16-10-15(5-7-18-8-6-15)11-17-9-14(12-1-2-12)13-3-4-13/h12-14,17H,1-11,16H2. The summed E-state index contributed by atoms with van der Waals surface area (Å²) >= 11 is 0. The predicted molar refractivity (Wildman–Crippen MR) is 73.3 cm³/mol. The Balaban J connectivity index is 1.44. The molecule has 0 radical (unpaired) electrons. The summed E-state index contributed by atoms with van der Waals surface area (Å²) in [5, 5.41) is 3.75. The molecule has 0 amide bonds. The Morgan fingerprint density at radius 3 is 2.22 bits per heavy atom. The van der Waals surface area contributed by atoms with E-state index in [0.29, 0.717) is 5.41 Å². The fraction of sp³-hybridized carbons (Fsp3) is 1.00. The van der Waals surface area contributed by atoms with Gasteiger partial charge in [-0.15, -0.1) is 0 Å². The van der Waals surface area contributed by atoms with Crippen LogP contribution < -0.4 is 11.1 Å². The zero-order valence-electron chi connectivity index (χ0n) is 11.5. The van der Waals surface area contributed by atoms with E-state index >= 15 is 0 Å². The average molecular weight is 252 g/mol. The molecule has 3 nitrogen and oxygen atoms in total. The van der Waals surface area contributed by atoms with Crippen LogP contribution in [0.2, 0.25) is 0 Å². The topological polar surface area (TPSA) is 47.3 Å². The van der Waals surface area contributed by atoms with Crippen molar-refractivity contribution in [2.45, 2.75) is 38.5 Å². The molecule has 0 spiro atoms. The van der Waals surface area contributed by atoms with Gasteiger partial charge in [-0.25, -0.2) is 0 Å². The van der Waals surface area contributed by atoms with E-state index in [1.165, 1.54) is 32.2 Å². The summed E-state index contributed by atoms with van der Waals surface area (Å²) in [6, 6.07) is 0. The molecule has 2 saturated carbocycles. The molecule has 18 heavy (non-hydrogen) atoms. The zero-order valence-corrected chi connectivity index (χ0v) is 11.5. The SMILES string of the molecule is NCC1(CNCC(C2CC2)C2CC2)CCOCC1. The fourth-order valence-electron chi connectivity index (χ4n) is 3.53. The molecule has 3 aliphatic rings. The van der Waals surface area contributed by atoms with Crippen LogP contribution in [-0.2, 0) is 4.74 Å². The summed E-state index contributed by atoms with van der Waals surface area (Å²) in [5.74, 6) is 3.07. The highest BCUT2D eigenvalue weighted by Crippen LogP contribution is 2.48. The predicted octanol–water partition coefficient (Wildman–Crippen LogP) is 1.77. The summed E-state index contributed by atoms with van der Waals surface area (Å²) in [5.41, 5.74) is 6.32. The van der Waals surface area contributed by atoms with E-state index < -0.39 is 0 Å². The van der Waals surface area contributed by atoms with Crippen molar-refractivity contribution in [2.75, 3.05) is 32.8 Å². The van der Waals surface area contributed by atoms with Gasteiger partial charge in [-0.2, -0.15) is 0 Å². The first-order valence-electron chi connectivity index (χ1n) is 7.81. The van der Waals surface area contributed by atoms with E-state index in [9.17, 15) is 0 Å². The van der Waals surface area contributed by atoms with Crippen molar-refractivity contribution in [2.24, 2.45) is 28.9 Å². The largest absolute Gasteiger partial charge is 0.381 e. The first-order chi connectivity index (χ1) is 8.83. The maximum Gasteiger partial charge on any atom is 0.0472 e. The lowest BCUT2D eigenvalue weighted by Gasteiger charge is -2.36. The minimum Gasteiger partial charge on any atom is -0.381 e. The van der Waals surface area contributed by atoms with Crippen molar-refractivity contribution >= 4 is 0 Å². The normalized spacial score (nSPS) is 27.7.